The molecular formula is C13H20N2. The molecule has 1 heterocycles. The normalized spacial score (nSPS) is 22.9. The molecule has 1 atom stereocenters. The summed E-state index contributed by atoms with van der Waals surface area (Å²) in [5.74, 6) is 0. The molecule has 0 spiro atoms. The van der Waals surface area contributed by atoms with E-state index in [-0.39, 0.29) is 0 Å². The van der Waals surface area contributed by atoms with Crippen LogP contribution >= 0.6 is 0 Å². The summed E-state index contributed by atoms with van der Waals surface area (Å²) in [5, 5.41) is 3.58. The lowest BCUT2D eigenvalue weighted by Crippen LogP contribution is -2.45. The number of likely N-dealkylation sites (N-methyl/N-ethyl adjacent to an activating group) is 1. The quantitative estimate of drug-likeness (QED) is 0.792. The molecule has 1 aromatic rings. The Bertz CT molecular complexity index is 305. The smallest absolute Gasteiger partial charge is 0.0449 e. The van der Waals surface area contributed by atoms with Crippen LogP contribution in [-0.2, 0) is 0 Å². The van der Waals surface area contributed by atoms with Crippen LogP contribution in [0.3, 0.4) is 0 Å². The molecule has 1 aromatic carbocycles. The molecule has 1 saturated heterocycles. The Balaban J connectivity index is 2.06. The molecule has 0 aliphatic carbocycles. The summed E-state index contributed by atoms with van der Waals surface area (Å²) in [5.41, 5.74) is 2.75. The van der Waals surface area contributed by atoms with Gasteiger partial charge in [-0.1, -0.05) is 36.8 Å². The maximum Gasteiger partial charge on any atom is 0.0449 e. The lowest BCUT2D eigenvalue weighted by molar-refractivity contribution is 0.210. The first-order chi connectivity index (χ1) is 7.29. The molecule has 1 fully saturated rings. The van der Waals surface area contributed by atoms with Crippen molar-refractivity contribution in [3.63, 3.8) is 0 Å². The minimum atomic E-state index is 0.513. The number of hydrogen-bond acceptors (Lipinski definition) is 2. The number of piperazine rings is 1. The Hall–Kier alpha value is -0.860. The molecule has 15 heavy (non-hydrogen) atoms. The van der Waals surface area contributed by atoms with Gasteiger partial charge in [-0.05, 0) is 19.0 Å². The molecule has 0 aromatic heterocycles. The number of hydrogen-bond donors (Lipinski definition) is 1. The van der Waals surface area contributed by atoms with Crippen molar-refractivity contribution in [2.24, 2.45) is 0 Å². The SMILES string of the molecule is CCN1CCN[C@@H](c2ccc(C)cc2)C1. The predicted octanol–water partition coefficient (Wildman–Crippen LogP) is 1.96. The van der Waals surface area contributed by atoms with Crippen LogP contribution in [0.2, 0.25) is 0 Å². The second-order valence-electron chi connectivity index (χ2n) is 4.31. The molecule has 1 N–H and O–H groups in total. The number of nitrogens with one attached hydrogen (secondary N) is 1. The van der Waals surface area contributed by atoms with Gasteiger partial charge in [-0.2, -0.15) is 0 Å². The summed E-state index contributed by atoms with van der Waals surface area (Å²) < 4.78 is 0. The number of nitrogens with zero attached hydrogens (tertiary/aromatic N) is 1. The Labute approximate surface area is 92.3 Å². The van der Waals surface area contributed by atoms with Crippen molar-refractivity contribution in [2.75, 3.05) is 26.2 Å². The van der Waals surface area contributed by atoms with Crippen molar-refractivity contribution < 1.29 is 0 Å². The highest BCUT2D eigenvalue weighted by molar-refractivity contribution is 5.24. The van der Waals surface area contributed by atoms with E-state index in [0.29, 0.717) is 6.04 Å². The van der Waals surface area contributed by atoms with Gasteiger partial charge in [-0.25, -0.2) is 0 Å². The Morgan fingerprint density at radius 2 is 2.07 bits per heavy atom. The first-order valence-electron chi connectivity index (χ1n) is 5.82. The summed E-state index contributed by atoms with van der Waals surface area (Å²) in [4.78, 5) is 2.50. The van der Waals surface area contributed by atoms with Gasteiger partial charge in [-0.3, -0.25) is 0 Å². The molecule has 0 amide bonds. The fourth-order valence-electron chi connectivity index (χ4n) is 2.12. The monoisotopic (exact) mass is 204 g/mol. The van der Waals surface area contributed by atoms with E-state index in [1.165, 1.54) is 17.7 Å². The number of rotatable bonds is 2. The highest BCUT2D eigenvalue weighted by Crippen LogP contribution is 2.17. The van der Waals surface area contributed by atoms with Crippen LogP contribution < -0.4 is 5.32 Å². The maximum atomic E-state index is 3.58. The van der Waals surface area contributed by atoms with Gasteiger partial charge in [0.2, 0.25) is 0 Å². The lowest BCUT2D eigenvalue weighted by atomic mass is 10.0. The minimum Gasteiger partial charge on any atom is -0.308 e. The van der Waals surface area contributed by atoms with Crippen LogP contribution in [0.5, 0.6) is 0 Å². The van der Waals surface area contributed by atoms with Gasteiger partial charge >= 0.3 is 0 Å². The van der Waals surface area contributed by atoms with Crippen molar-refractivity contribution in [2.45, 2.75) is 19.9 Å². The molecule has 0 radical (unpaired) electrons. The van der Waals surface area contributed by atoms with Gasteiger partial charge in [0.25, 0.3) is 0 Å². The predicted molar refractivity (Wildman–Crippen MR) is 64.0 cm³/mol. The van der Waals surface area contributed by atoms with Crippen molar-refractivity contribution >= 4 is 0 Å². The molecule has 0 saturated carbocycles. The largest absolute Gasteiger partial charge is 0.308 e. The Morgan fingerprint density at radius 1 is 1.33 bits per heavy atom. The summed E-state index contributed by atoms with van der Waals surface area (Å²) in [6.45, 7) is 8.95. The average molecular weight is 204 g/mol. The van der Waals surface area contributed by atoms with Crippen molar-refractivity contribution in [3.8, 4) is 0 Å². The van der Waals surface area contributed by atoms with E-state index in [1.807, 2.05) is 0 Å². The molecule has 2 heteroatoms. The van der Waals surface area contributed by atoms with Gasteiger partial charge in [0, 0.05) is 25.7 Å². The van der Waals surface area contributed by atoms with Crippen LogP contribution in [0.1, 0.15) is 24.1 Å². The van der Waals surface area contributed by atoms with Crippen molar-refractivity contribution in [1.82, 2.24) is 10.2 Å². The fraction of sp³-hybridized carbons (Fsp3) is 0.538. The van der Waals surface area contributed by atoms with Gasteiger partial charge in [0.1, 0.15) is 0 Å². The highest BCUT2D eigenvalue weighted by Gasteiger charge is 2.18. The molecule has 82 valence electrons. The molecule has 1 aliphatic heterocycles. The average Bonchev–Trinajstić information content (AvgIpc) is 2.30. The van der Waals surface area contributed by atoms with E-state index in [2.05, 4.69) is 48.3 Å². The van der Waals surface area contributed by atoms with Gasteiger partial charge in [0.05, 0.1) is 0 Å². The van der Waals surface area contributed by atoms with Gasteiger partial charge in [-0.15, -0.1) is 0 Å². The van der Waals surface area contributed by atoms with E-state index in [9.17, 15) is 0 Å². The Morgan fingerprint density at radius 3 is 2.73 bits per heavy atom. The first kappa shape index (κ1) is 10.7. The highest BCUT2D eigenvalue weighted by atomic mass is 15.2. The standard InChI is InChI=1S/C13H20N2/c1-3-15-9-8-14-13(10-15)12-6-4-11(2)5-7-12/h4-7,13-14H,3,8-10H2,1-2H3/t13-/m1/s1. The van der Waals surface area contributed by atoms with Gasteiger partial charge in [0.15, 0.2) is 0 Å². The van der Waals surface area contributed by atoms with Crippen LogP contribution in [0.25, 0.3) is 0 Å². The molecular weight excluding hydrogens is 184 g/mol. The topological polar surface area (TPSA) is 15.3 Å². The zero-order valence-electron chi connectivity index (χ0n) is 9.66. The molecule has 1 aliphatic rings. The van der Waals surface area contributed by atoms with E-state index in [1.54, 1.807) is 0 Å². The Kier molecular flexibility index (Phi) is 3.39. The third-order valence-electron chi connectivity index (χ3n) is 3.19. The summed E-state index contributed by atoms with van der Waals surface area (Å²) in [6, 6.07) is 9.39. The van der Waals surface area contributed by atoms with Crippen molar-refractivity contribution in [1.29, 1.82) is 0 Å². The summed E-state index contributed by atoms with van der Waals surface area (Å²) >= 11 is 0. The second-order valence-corrected chi connectivity index (χ2v) is 4.31. The first-order valence-corrected chi connectivity index (χ1v) is 5.82. The van der Waals surface area contributed by atoms with Gasteiger partial charge < -0.3 is 10.2 Å². The van der Waals surface area contributed by atoms with E-state index >= 15 is 0 Å². The molecule has 0 bridgehead atoms. The van der Waals surface area contributed by atoms with Crippen LogP contribution in [0, 0.1) is 6.92 Å². The summed E-state index contributed by atoms with van der Waals surface area (Å²) in [6.07, 6.45) is 0. The minimum absolute atomic E-state index is 0.513. The van der Waals surface area contributed by atoms with Crippen LogP contribution in [0.4, 0.5) is 0 Å². The number of benzene rings is 1. The third-order valence-corrected chi connectivity index (χ3v) is 3.19. The zero-order chi connectivity index (χ0) is 10.7. The lowest BCUT2D eigenvalue weighted by Gasteiger charge is -2.33. The molecule has 2 nitrogen and oxygen atoms in total. The molecule has 0 unspecified atom stereocenters. The van der Waals surface area contributed by atoms with E-state index < -0.39 is 0 Å². The second kappa shape index (κ2) is 4.77. The molecule has 2 rings (SSSR count). The van der Waals surface area contributed by atoms with E-state index in [0.717, 1.165) is 19.6 Å². The third kappa shape index (κ3) is 2.58. The van der Waals surface area contributed by atoms with Crippen LogP contribution in [-0.4, -0.2) is 31.1 Å². The van der Waals surface area contributed by atoms with Crippen molar-refractivity contribution in [3.05, 3.63) is 35.4 Å². The zero-order valence-corrected chi connectivity index (χ0v) is 9.66. The van der Waals surface area contributed by atoms with E-state index in [4.69, 9.17) is 0 Å². The summed E-state index contributed by atoms with van der Waals surface area (Å²) in [7, 11) is 0. The number of aryl methyl sites for hydroxylation is 1. The maximum absolute atomic E-state index is 3.58. The van der Waals surface area contributed by atoms with Crippen LogP contribution in [0.15, 0.2) is 24.3 Å². The fourth-order valence-corrected chi connectivity index (χ4v) is 2.12.